The summed E-state index contributed by atoms with van der Waals surface area (Å²) < 4.78 is 3.48. The van der Waals surface area contributed by atoms with Crippen LogP contribution in [0.15, 0.2) is 65.6 Å². The number of nitrogens with two attached hydrogens (primary N) is 2. The Balaban J connectivity index is 1.91. The molecule has 0 radical (unpaired) electrons. The van der Waals surface area contributed by atoms with Crippen molar-refractivity contribution in [3.63, 3.8) is 0 Å². The number of amidine groups is 2. The zero-order valence-electron chi connectivity index (χ0n) is 18.0. The molecule has 162 valence electrons. The van der Waals surface area contributed by atoms with Crippen molar-refractivity contribution in [3.8, 4) is 5.69 Å². The summed E-state index contributed by atoms with van der Waals surface area (Å²) in [5.41, 5.74) is 14.9. The van der Waals surface area contributed by atoms with Crippen molar-refractivity contribution < 1.29 is 0 Å². The molecule has 0 atom stereocenters. The minimum absolute atomic E-state index is 0.000805. The van der Waals surface area contributed by atoms with Crippen molar-refractivity contribution in [1.82, 2.24) is 14.1 Å². The van der Waals surface area contributed by atoms with Crippen LogP contribution < -0.4 is 17.0 Å². The molecule has 2 heterocycles. The average Bonchev–Trinajstić information content (AvgIpc) is 3.13. The van der Waals surface area contributed by atoms with Crippen molar-refractivity contribution in [2.24, 2.45) is 11.5 Å². The summed E-state index contributed by atoms with van der Waals surface area (Å²) in [6.45, 7) is 4.51. The Morgan fingerprint density at radius 2 is 1.66 bits per heavy atom. The van der Waals surface area contributed by atoms with Crippen LogP contribution in [-0.4, -0.2) is 25.8 Å². The number of nitrogens with one attached hydrogen (secondary N) is 2. The number of hydrogen-bond acceptors (Lipinski definition) is 4. The van der Waals surface area contributed by atoms with Gasteiger partial charge in [-0.25, -0.2) is 4.98 Å². The Morgan fingerprint density at radius 1 is 1.00 bits per heavy atom. The Labute approximate surface area is 185 Å². The van der Waals surface area contributed by atoms with E-state index in [1.807, 2.05) is 42.7 Å². The fourth-order valence-corrected chi connectivity index (χ4v) is 3.80. The van der Waals surface area contributed by atoms with Gasteiger partial charge in [-0.2, -0.15) is 0 Å². The van der Waals surface area contributed by atoms with E-state index in [0.717, 1.165) is 11.4 Å². The average molecular weight is 428 g/mol. The minimum atomic E-state index is -0.203. The third kappa shape index (κ3) is 3.78. The van der Waals surface area contributed by atoms with E-state index in [0.29, 0.717) is 34.4 Å². The van der Waals surface area contributed by atoms with Gasteiger partial charge in [0.2, 0.25) is 0 Å². The number of imidazole rings is 1. The molecular formula is C24H25N7O. The lowest BCUT2D eigenvalue weighted by Crippen LogP contribution is -2.21. The van der Waals surface area contributed by atoms with Gasteiger partial charge in [0.15, 0.2) is 0 Å². The van der Waals surface area contributed by atoms with E-state index in [1.54, 1.807) is 41.1 Å². The number of nitrogen functional groups attached to an aromatic ring is 2. The molecule has 0 spiro atoms. The molecule has 0 saturated heterocycles. The van der Waals surface area contributed by atoms with Gasteiger partial charge in [0.1, 0.15) is 23.0 Å². The van der Waals surface area contributed by atoms with Gasteiger partial charge >= 0.3 is 0 Å². The highest BCUT2D eigenvalue weighted by atomic mass is 16.1. The predicted molar refractivity (Wildman–Crippen MR) is 127 cm³/mol. The van der Waals surface area contributed by atoms with Crippen LogP contribution in [0.4, 0.5) is 0 Å². The van der Waals surface area contributed by atoms with E-state index in [2.05, 4.69) is 0 Å². The third-order valence-electron chi connectivity index (χ3n) is 5.36. The van der Waals surface area contributed by atoms with E-state index in [-0.39, 0.29) is 23.1 Å². The molecule has 6 N–H and O–H groups in total. The number of aromatic nitrogens is 3. The van der Waals surface area contributed by atoms with Gasteiger partial charge in [0.25, 0.3) is 5.56 Å². The van der Waals surface area contributed by atoms with Crippen LogP contribution in [0.25, 0.3) is 16.7 Å². The van der Waals surface area contributed by atoms with Crippen molar-refractivity contribution in [2.75, 3.05) is 0 Å². The predicted octanol–water partition coefficient (Wildman–Crippen LogP) is 2.93. The topological polar surface area (TPSA) is 140 Å². The van der Waals surface area contributed by atoms with E-state index >= 15 is 0 Å². The van der Waals surface area contributed by atoms with Crippen LogP contribution >= 0.6 is 0 Å². The zero-order chi connectivity index (χ0) is 23.0. The molecule has 0 aliphatic heterocycles. The fraction of sp³-hybridized carbons (Fsp3) is 0.167. The Hall–Kier alpha value is -4.20. The summed E-state index contributed by atoms with van der Waals surface area (Å²) >= 11 is 0. The first-order valence-corrected chi connectivity index (χ1v) is 10.3. The smallest absolute Gasteiger partial charge is 0.281 e. The molecule has 2 aromatic carbocycles. The van der Waals surface area contributed by atoms with Gasteiger partial charge in [0.05, 0.1) is 5.52 Å². The number of rotatable bonds is 6. The lowest BCUT2D eigenvalue weighted by Gasteiger charge is -2.13. The van der Waals surface area contributed by atoms with Crippen molar-refractivity contribution >= 4 is 22.7 Å². The van der Waals surface area contributed by atoms with Crippen LogP contribution in [0.1, 0.15) is 42.3 Å². The highest BCUT2D eigenvalue weighted by molar-refractivity contribution is 5.95. The number of pyridine rings is 1. The summed E-state index contributed by atoms with van der Waals surface area (Å²) in [5, 5.41) is 15.4. The molecule has 0 aliphatic carbocycles. The van der Waals surface area contributed by atoms with E-state index in [1.165, 1.54) is 0 Å². The maximum atomic E-state index is 13.6. The number of nitrogens with zero attached hydrogens (tertiary/aromatic N) is 3. The number of fused-ring (bicyclic) bond motifs is 1. The van der Waals surface area contributed by atoms with Gasteiger partial charge in [-0.1, -0.05) is 44.2 Å². The second-order valence-electron chi connectivity index (χ2n) is 8.01. The molecule has 0 fully saturated rings. The first-order valence-electron chi connectivity index (χ1n) is 10.3. The Kier molecular flexibility index (Phi) is 5.36. The van der Waals surface area contributed by atoms with Crippen LogP contribution in [-0.2, 0) is 6.54 Å². The standard InChI is InChI=1S/C24H25N7O/c1-14(2)23-29-19-9-10-30(18-8-4-7-17(12-18)22(27)28)24(32)20(19)31(23)13-15-5-3-6-16(11-15)21(25)26/h3-12,14H,13H2,1-2H3,(H3,25,26)(H3,27,28). The monoisotopic (exact) mass is 427 g/mol. The lowest BCUT2D eigenvalue weighted by atomic mass is 10.1. The highest BCUT2D eigenvalue weighted by Crippen LogP contribution is 2.22. The second-order valence-corrected chi connectivity index (χ2v) is 8.01. The maximum absolute atomic E-state index is 13.6. The van der Waals surface area contributed by atoms with Gasteiger partial charge in [-0.15, -0.1) is 0 Å². The number of hydrogen-bond donors (Lipinski definition) is 4. The minimum Gasteiger partial charge on any atom is -0.384 e. The highest BCUT2D eigenvalue weighted by Gasteiger charge is 2.18. The molecule has 0 aliphatic rings. The quantitative estimate of drug-likeness (QED) is 0.277. The molecule has 0 bridgehead atoms. The fourth-order valence-electron chi connectivity index (χ4n) is 3.80. The van der Waals surface area contributed by atoms with Crippen molar-refractivity contribution in [3.05, 3.63) is 93.7 Å². The first-order chi connectivity index (χ1) is 15.3. The van der Waals surface area contributed by atoms with Crippen LogP contribution in [0.3, 0.4) is 0 Å². The van der Waals surface area contributed by atoms with Crippen LogP contribution in [0, 0.1) is 10.8 Å². The van der Waals surface area contributed by atoms with Gasteiger partial charge in [-0.3, -0.25) is 20.2 Å². The van der Waals surface area contributed by atoms with Gasteiger partial charge in [-0.05, 0) is 29.8 Å². The second kappa shape index (κ2) is 8.14. The van der Waals surface area contributed by atoms with Crippen molar-refractivity contribution in [2.45, 2.75) is 26.3 Å². The van der Waals surface area contributed by atoms with E-state index in [9.17, 15) is 4.79 Å². The van der Waals surface area contributed by atoms with Crippen molar-refractivity contribution in [1.29, 1.82) is 10.8 Å². The largest absolute Gasteiger partial charge is 0.384 e. The van der Waals surface area contributed by atoms with Crippen LogP contribution in [0.5, 0.6) is 0 Å². The molecule has 0 unspecified atom stereocenters. The van der Waals surface area contributed by atoms with Gasteiger partial charge in [0, 0.05) is 35.5 Å². The zero-order valence-corrected chi connectivity index (χ0v) is 18.0. The summed E-state index contributed by atoms with van der Waals surface area (Å²) in [7, 11) is 0. The third-order valence-corrected chi connectivity index (χ3v) is 5.36. The number of benzene rings is 2. The summed E-state index contributed by atoms with van der Waals surface area (Å²) in [6, 6.07) is 16.3. The molecule has 2 aromatic heterocycles. The summed E-state index contributed by atoms with van der Waals surface area (Å²) in [6.07, 6.45) is 1.70. The van der Waals surface area contributed by atoms with Crippen LogP contribution in [0.2, 0.25) is 0 Å². The molecule has 32 heavy (non-hydrogen) atoms. The summed E-state index contributed by atoms with van der Waals surface area (Å²) in [5.74, 6) is 0.852. The normalized spacial score (nSPS) is 11.2. The first kappa shape index (κ1) is 21.0. The molecule has 8 nitrogen and oxygen atoms in total. The molecule has 8 heteroatoms. The van der Waals surface area contributed by atoms with E-state index in [4.69, 9.17) is 27.3 Å². The molecule has 0 amide bonds. The molecule has 4 aromatic rings. The Bertz CT molecular complexity index is 1410. The van der Waals surface area contributed by atoms with Gasteiger partial charge < -0.3 is 16.0 Å². The molecular weight excluding hydrogens is 402 g/mol. The Morgan fingerprint density at radius 3 is 2.31 bits per heavy atom. The maximum Gasteiger partial charge on any atom is 0.281 e. The lowest BCUT2D eigenvalue weighted by molar-refractivity contribution is 0.681. The summed E-state index contributed by atoms with van der Waals surface area (Å²) in [4.78, 5) is 18.3. The van der Waals surface area contributed by atoms with E-state index < -0.39 is 0 Å². The molecule has 4 rings (SSSR count). The SMILES string of the molecule is CC(C)c1nc2ccn(-c3cccc(C(=N)N)c3)c(=O)c2n1Cc1cccc(C(=N)N)c1. The molecule has 0 saturated carbocycles.